The molecule has 0 aliphatic carbocycles. The minimum atomic E-state index is -0.546. The molecule has 3 rings (SSSR count). The Morgan fingerprint density at radius 2 is 1.88 bits per heavy atom. The number of primary amides is 1. The van der Waals surface area contributed by atoms with Crippen molar-refractivity contribution < 1.29 is 9.59 Å². The van der Waals surface area contributed by atoms with E-state index in [9.17, 15) is 9.59 Å². The molecule has 0 saturated carbocycles. The van der Waals surface area contributed by atoms with Crippen LogP contribution in [0.15, 0.2) is 48.5 Å². The number of aryl methyl sites for hydroxylation is 1. The Balaban J connectivity index is 1.64. The fraction of sp³-hybridized carbons (Fsp3) is 0.300. The highest BCUT2D eigenvalue weighted by atomic mass is 16.2. The van der Waals surface area contributed by atoms with Gasteiger partial charge < -0.3 is 11.1 Å². The van der Waals surface area contributed by atoms with Gasteiger partial charge in [-0.2, -0.15) is 0 Å². The number of rotatable bonds is 5. The lowest BCUT2D eigenvalue weighted by Gasteiger charge is -2.34. The van der Waals surface area contributed by atoms with Gasteiger partial charge in [0.05, 0.1) is 6.54 Å². The van der Waals surface area contributed by atoms with E-state index in [2.05, 4.69) is 5.32 Å². The van der Waals surface area contributed by atoms with Crippen molar-refractivity contribution in [3.63, 3.8) is 0 Å². The Morgan fingerprint density at radius 3 is 2.60 bits per heavy atom. The lowest BCUT2D eigenvalue weighted by atomic mass is 9.92. The number of carbonyl (C=O) groups is 2. The average molecular weight is 337 g/mol. The minimum absolute atomic E-state index is 0.105. The van der Waals surface area contributed by atoms with E-state index >= 15 is 0 Å². The van der Waals surface area contributed by atoms with Gasteiger partial charge in [0.2, 0.25) is 11.8 Å². The number of nitrogens with two attached hydrogens (primary N) is 1. The van der Waals surface area contributed by atoms with Crippen LogP contribution in [0.4, 0.5) is 0 Å². The molecule has 1 atom stereocenters. The molecular weight excluding hydrogens is 314 g/mol. The van der Waals surface area contributed by atoms with Crippen molar-refractivity contribution in [2.75, 3.05) is 13.1 Å². The third-order valence-corrected chi connectivity index (χ3v) is 4.61. The molecule has 0 bridgehead atoms. The van der Waals surface area contributed by atoms with Gasteiger partial charge in [-0.05, 0) is 30.0 Å². The summed E-state index contributed by atoms with van der Waals surface area (Å²) in [5, 5.41) is 2.92. The van der Waals surface area contributed by atoms with Crippen LogP contribution >= 0.6 is 0 Å². The number of fused-ring (bicyclic) bond motifs is 1. The van der Waals surface area contributed by atoms with E-state index in [4.69, 9.17) is 5.73 Å². The van der Waals surface area contributed by atoms with Crippen LogP contribution in [0.2, 0.25) is 0 Å². The smallest absolute Gasteiger partial charge is 0.239 e. The number of hydrogen-bond acceptors (Lipinski definition) is 3. The molecule has 0 aromatic heterocycles. The van der Waals surface area contributed by atoms with E-state index in [0.717, 1.165) is 23.1 Å². The zero-order valence-corrected chi connectivity index (χ0v) is 14.4. The second-order valence-corrected chi connectivity index (χ2v) is 6.49. The molecule has 5 nitrogen and oxygen atoms in total. The molecule has 1 aliphatic heterocycles. The van der Waals surface area contributed by atoms with Crippen molar-refractivity contribution >= 4 is 11.8 Å². The van der Waals surface area contributed by atoms with E-state index in [-0.39, 0.29) is 12.5 Å². The van der Waals surface area contributed by atoms with Gasteiger partial charge in [0, 0.05) is 13.1 Å². The molecule has 25 heavy (non-hydrogen) atoms. The van der Waals surface area contributed by atoms with Crippen LogP contribution in [-0.2, 0) is 22.6 Å². The quantitative estimate of drug-likeness (QED) is 0.872. The van der Waals surface area contributed by atoms with Crippen LogP contribution in [-0.4, -0.2) is 29.8 Å². The highest BCUT2D eigenvalue weighted by Gasteiger charge is 2.32. The summed E-state index contributed by atoms with van der Waals surface area (Å²) in [6, 6.07) is 15.3. The zero-order chi connectivity index (χ0) is 17.8. The van der Waals surface area contributed by atoms with Gasteiger partial charge in [0.1, 0.15) is 6.04 Å². The maximum Gasteiger partial charge on any atom is 0.239 e. The topological polar surface area (TPSA) is 75.4 Å². The summed E-state index contributed by atoms with van der Waals surface area (Å²) in [5.41, 5.74) is 9.89. The zero-order valence-electron chi connectivity index (χ0n) is 14.4. The van der Waals surface area contributed by atoms with Crippen molar-refractivity contribution in [2.45, 2.75) is 25.9 Å². The standard InChI is InChI=1S/C20H23N3O2/c1-14-6-8-15(9-7-14)12-22-18(24)13-23-11-10-16-4-2-3-5-17(16)19(23)20(21)25/h2-9,19H,10-13H2,1H3,(H2,21,25)(H,22,24)/t19-/m1/s1. The van der Waals surface area contributed by atoms with Gasteiger partial charge in [-0.25, -0.2) is 0 Å². The summed E-state index contributed by atoms with van der Waals surface area (Å²) in [6.45, 7) is 3.31. The summed E-state index contributed by atoms with van der Waals surface area (Å²) < 4.78 is 0. The van der Waals surface area contributed by atoms with Crippen LogP contribution in [0.5, 0.6) is 0 Å². The molecular formula is C20H23N3O2. The number of nitrogens with zero attached hydrogens (tertiary/aromatic N) is 1. The van der Waals surface area contributed by atoms with Crippen LogP contribution in [0.1, 0.15) is 28.3 Å². The van der Waals surface area contributed by atoms with Crippen molar-refractivity contribution in [3.05, 3.63) is 70.8 Å². The molecule has 2 aromatic rings. The van der Waals surface area contributed by atoms with Crippen LogP contribution in [0.25, 0.3) is 0 Å². The highest BCUT2D eigenvalue weighted by molar-refractivity contribution is 5.84. The van der Waals surface area contributed by atoms with E-state index in [1.54, 1.807) is 0 Å². The van der Waals surface area contributed by atoms with Crippen molar-refractivity contribution in [1.29, 1.82) is 0 Å². The van der Waals surface area contributed by atoms with Crippen molar-refractivity contribution in [3.8, 4) is 0 Å². The third-order valence-electron chi connectivity index (χ3n) is 4.61. The molecule has 1 aliphatic rings. The molecule has 130 valence electrons. The molecule has 2 amide bonds. The molecule has 0 unspecified atom stereocenters. The van der Waals surface area contributed by atoms with Gasteiger partial charge in [-0.15, -0.1) is 0 Å². The van der Waals surface area contributed by atoms with Gasteiger partial charge in [0.25, 0.3) is 0 Å². The minimum Gasteiger partial charge on any atom is -0.368 e. The Hall–Kier alpha value is -2.66. The van der Waals surface area contributed by atoms with E-state index in [1.165, 1.54) is 5.56 Å². The van der Waals surface area contributed by atoms with Gasteiger partial charge in [-0.3, -0.25) is 14.5 Å². The number of amides is 2. The Morgan fingerprint density at radius 1 is 1.16 bits per heavy atom. The molecule has 3 N–H and O–H groups in total. The molecule has 0 saturated heterocycles. The predicted molar refractivity (Wildman–Crippen MR) is 96.7 cm³/mol. The number of benzene rings is 2. The summed E-state index contributed by atoms with van der Waals surface area (Å²) in [4.78, 5) is 26.2. The second kappa shape index (κ2) is 7.49. The SMILES string of the molecule is Cc1ccc(CNC(=O)CN2CCc3ccccc3[C@@H]2C(N)=O)cc1. The fourth-order valence-corrected chi connectivity index (χ4v) is 3.27. The third kappa shape index (κ3) is 4.06. The predicted octanol–water partition coefficient (Wildman–Crippen LogP) is 1.70. The Kier molecular flexibility index (Phi) is 5.14. The molecule has 0 radical (unpaired) electrons. The Bertz CT molecular complexity index is 771. The van der Waals surface area contributed by atoms with Crippen LogP contribution in [0, 0.1) is 6.92 Å². The van der Waals surface area contributed by atoms with Gasteiger partial charge in [-0.1, -0.05) is 54.1 Å². The van der Waals surface area contributed by atoms with Crippen molar-refractivity contribution in [1.82, 2.24) is 10.2 Å². The van der Waals surface area contributed by atoms with Gasteiger partial charge >= 0.3 is 0 Å². The number of nitrogens with one attached hydrogen (secondary N) is 1. The lowest BCUT2D eigenvalue weighted by Crippen LogP contribution is -2.46. The van der Waals surface area contributed by atoms with E-state index in [1.807, 2.05) is 60.4 Å². The monoisotopic (exact) mass is 337 g/mol. The molecule has 0 fully saturated rings. The Labute approximate surface area is 147 Å². The van der Waals surface area contributed by atoms with Gasteiger partial charge in [0.15, 0.2) is 0 Å². The lowest BCUT2D eigenvalue weighted by molar-refractivity contribution is -0.127. The highest BCUT2D eigenvalue weighted by Crippen LogP contribution is 2.29. The normalized spacial score (nSPS) is 16.9. The van der Waals surface area contributed by atoms with Crippen LogP contribution in [0.3, 0.4) is 0 Å². The summed E-state index contributed by atoms with van der Waals surface area (Å²) >= 11 is 0. The van der Waals surface area contributed by atoms with Crippen molar-refractivity contribution in [2.24, 2.45) is 5.73 Å². The first-order valence-corrected chi connectivity index (χ1v) is 8.48. The molecule has 1 heterocycles. The first-order valence-electron chi connectivity index (χ1n) is 8.48. The summed E-state index contributed by atoms with van der Waals surface area (Å²) in [5.74, 6) is -0.523. The first-order chi connectivity index (χ1) is 12.0. The number of hydrogen-bond donors (Lipinski definition) is 2. The first kappa shape index (κ1) is 17.2. The molecule has 5 heteroatoms. The van der Waals surface area contributed by atoms with E-state index in [0.29, 0.717) is 13.1 Å². The summed E-state index contributed by atoms with van der Waals surface area (Å²) in [7, 11) is 0. The van der Waals surface area contributed by atoms with E-state index < -0.39 is 11.9 Å². The number of carbonyl (C=O) groups excluding carboxylic acids is 2. The molecule has 0 spiro atoms. The summed E-state index contributed by atoms with van der Waals surface area (Å²) in [6.07, 6.45) is 0.811. The average Bonchev–Trinajstić information content (AvgIpc) is 2.60. The maximum absolute atomic E-state index is 12.3. The molecule has 2 aromatic carbocycles. The maximum atomic E-state index is 12.3. The fourth-order valence-electron chi connectivity index (χ4n) is 3.27. The largest absolute Gasteiger partial charge is 0.368 e. The van der Waals surface area contributed by atoms with Crippen LogP contribution < -0.4 is 11.1 Å². The second-order valence-electron chi connectivity index (χ2n) is 6.49.